The van der Waals surface area contributed by atoms with Gasteiger partial charge in [-0.05, 0) is 122 Å². The van der Waals surface area contributed by atoms with Gasteiger partial charge in [-0.2, -0.15) is 4.99 Å². The van der Waals surface area contributed by atoms with Gasteiger partial charge in [0.2, 0.25) is 5.96 Å². The molecule has 0 bridgehead atoms. The van der Waals surface area contributed by atoms with Gasteiger partial charge >= 0.3 is 24.4 Å². The van der Waals surface area contributed by atoms with E-state index in [4.69, 9.17) is 34.9 Å². The number of amidine groups is 1. The number of unbranched alkanes of at least 4 members (excludes halogenated alkanes) is 6. The Morgan fingerprint density at radius 2 is 0.902 bits per heavy atom. The first-order chi connectivity index (χ1) is 23.2. The van der Waals surface area contributed by atoms with Gasteiger partial charge in [-0.15, -0.1) is 0 Å². The van der Waals surface area contributed by atoms with Crippen LogP contribution in [0.2, 0.25) is 0 Å². The van der Waals surface area contributed by atoms with Crippen molar-refractivity contribution in [3.05, 3.63) is 0 Å². The first-order valence-corrected chi connectivity index (χ1v) is 17.5. The van der Waals surface area contributed by atoms with Crippen molar-refractivity contribution in [2.75, 3.05) is 26.3 Å². The molecule has 0 aromatic heterocycles. The second-order valence-electron chi connectivity index (χ2n) is 15.4. The minimum Gasteiger partial charge on any atom is -0.444 e. The number of carbonyl (C=O) groups is 4. The van der Waals surface area contributed by atoms with E-state index in [-0.39, 0.29) is 18.4 Å². The fraction of sp³-hybridized carbons (Fsp3) is 0.829. The number of hydrogen-bond donors (Lipinski definition) is 6. The van der Waals surface area contributed by atoms with E-state index in [9.17, 15) is 19.2 Å². The molecule has 7 N–H and O–H groups in total. The summed E-state index contributed by atoms with van der Waals surface area (Å²) in [6, 6.07) is 0. The van der Waals surface area contributed by atoms with Crippen LogP contribution in [0, 0.1) is 0 Å². The zero-order valence-electron chi connectivity index (χ0n) is 33.6. The molecule has 0 heterocycles. The van der Waals surface area contributed by atoms with Gasteiger partial charge in [0, 0.05) is 19.8 Å². The van der Waals surface area contributed by atoms with Crippen molar-refractivity contribution in [2.45, 2.75) is 164 Å². The lowest BCUT2D eigenvalue weighted by Crippen LogP contribution is -2.47. The van der Waals surface area contributed by atoms with Crippen molar-refractivity contribution in [3.8, 4) is 0 Å². The molecule has 0 aromatic carbocycles. The lowest BCUT2D eigenvalue weighted by Gasteiger charge is -2.22. The molecule has 300 valence electrons. The molecule has 16 nitrogen and oxygen atoms in total. The number of nitrogens with two attached hydrogens (primary N) is 1. The zero-order chi connectivity index (χ0) is 40.3. The summed E-state index contributed by atoms with van der Waals surface area (Å²) in [5.74, 6) is 0.115. The summed E-state index contributed by atoms with van der Waals surface area (Å²) in [6.07, 6.45) is 4.81. The summed E-state index contributed by atoms with van der Waals surface area (Å²) in [5, 5.41) is 24.3. The second kappa shape index (κ2) is 27.2. The Kier molecular flexibility index (Phi) is 27.7. The molecule has 0 atom stereocenters. The number of hydrogen-bond acceptors (Lipinski definition) is 12. The Morgan fingerprint density at radius 3 is 1.25 bits per heavy atom. The molecule has 0 radical (unpaired) electrons. The number of amides is 4. The van der Waals surface area contributed by atoms with Gasteiger partial charge in [-0.1, -0.05) is 25.7 Å². The lowest BCUT2D eigenvalue weighted by molar-refractivity contribution is 0.0530. The van der Waals surface area contributed by atoms with Crippen molar-refractivity contribution in [1.29, 1.82) is 0 Å². The molecule has 0 saturated heterocycles. The Balaban J connectivity index is -0.000000768. The normalized spacial score (nSPS) is 11.7. The summed E-state index contributed by atoms with van der Waals surface area (Å²) < 4.78 is 20.3. The van der Waals surface area contributed by atoms with Crippen LogP contribution in [0.5, 0.6) is 0 Å². The number of carbonyl (C=O) groups excluding carboxylic acids is 4. The van der Waals surface area contributed by atoms with Crippen LogP contribution >= 0.6 is 0 Å². The molecule has 0 aliphatic rings. The molecule has 0 saturated carbocycles. The topological polar surface area (TPSA) is 232 Å². The molecule has 16 heteroatoms. The highest BCUT2D eigenvalue weighted by Gasteiger charge is 2.21. The maximum atomic E-state index is 11.9. The average molecular weight is 735 g/mol. The fourth-order valence-corrected chi connectivity index (χ4v) is 3.19. The Bertz CT molecular complexity index is 1020. The van der Waals surface area contributed by atoms with E-state index >= 15 is 0 Å². The maximum Gasteiger partial charge on any atom is 0.435 e. The highest BCUT2D eigenvalue weighted by atomic mass is 16.6. The van der Waals surface area contributed by atoms with E-state index in [0.29, 0.717) is 13.2 Å². The molecule has 0 spiro atoms. The molecule has 0 aliphatic heterocycles. The van der Waals surface area contributed by atoms with Crippen LogP contribution in [0.1, 0.15) is 141 Å². The van der Waals surface area contributed by atoms with Gasteiger partial charge in [-0.25, -0.2) is 19.2 Å². The monoisotopic (exact) mass is 735 g/mol. The first kappa shape index (κ1) is 51.9. The standard InChI is InChI=1S/C17H33N3O5.C12H22N2O4.C6H15NO/c1-16(2,3)24-14(22)19-13(18-11-9-7-8-10-12-21)20-15(23)25-17(4,5)6;1-8(13-9(15)17-11(2,3)4)14-10(16)18-12(5,6)7;7-5-3-1-2-4-6-8/h21H,7-12H2,1-6H3,(H2,18,19,20,22,23);1-7H3,(H,13,14,15,16);8H,1-7H2. The molecule has 0 aliphatic carbocycles. The summed E-state index contributed by atoms with van der Waals surface area (Å²) in [7, 11) is 0. The maximum absolute atomic E-state index is 11.9. The third-order valence-corrected chi connectivity index (χ3v) is 5.02. The van der Waals surface area contributed by atoms with Crippen molar-refractivity contribution >= 4 is 36.2 Å². The number of nitrogens with zero attached hydrogens (tertiary/aromatic N) is 2. The molecule has 0 aromatic rings. The van der Waals surface area contributed by atoms with Crippen LogP contribution < -0.4 is 21.7 Å². The quantitative estimate of drug-likeness (QED) is 0.0596. The summed E-state index contributed by atoms with van der Waals surface area (Å²) in [5.41, 5.74) is 2.71. The number of alkyl carbamates (subject to hydrolysis) is 3. The Labute approximate surface area is 306 Å². The van der Waals surface area contributed by atoms with Crippen LogP contribution in [0.15, 0.2) is 9.98 Å². The molecular weight excluding hydrogens is 664 g/mol. The number of aliphatic hydroxyl groups is 2. The van der Waals surface area contributed by atoms with Gasteiger partial charge < -0.3 is 34.9 Å². The molecule has 4 amide bonds. The number of guanidine groups is 1. The highest BCUT2D eigenvalue weighted by Crippen LogP contribution is 2.10. The highest BCUT2D eigenvalue weighted by molar-refractivity contribution is 6.01. The van der Waals surface area contributed by atoms with E-state index in [1.165, 1.54) is 6.92 Å². The number of ether oxygens (including phenoxy) is 4. The van der Waals surface area contributed by atoms with E-state index in [1.807, 2.05) is 0 Å². The van der Waals surface area contributed by atoms with Crippen LogP contribution in [-0.4, -0.2) is 95.1 Å². The largest absolute Gasteiger partial charge is 0.444 e. The Hall–Kier alpha value is -3.50. The summed E-state index contributed by atoms with van der Waals surface area (Å²) >= 11 is 0. The van der Waals surface area contributed by atoms with E-state index in [0.717, 1.165) is 57.9 Å². The predicted molar refractivity (Wildman–Crippen MR) is 200 cm³/mol. The first-order valence-electron chi connectivity index (χ1n) is 17.5. The zero-order valence-corrected chi connectivity index (χ0v) is 33.6. The number of nitrogens with one attached hydrogen (secondary N) is 3. The second-order valence-corrected chi connectivity index (χ2v) is 15.4. The molecule has 0 unspecified atom stereocenters. The van der Waals surface area contributed by atoms with Gasteiger partial charge in [0.25, 0.3) is 0 Å². The molecule has 0 rings (SSSR count). The van der Waals surface area contributed by atoms with Crippen LogP contribution in [0.25, 0.3) is 0 Å². The predicted octanol–water partition coefficient (Wildman–Crippen LogP) is 6.31. The lowest BCUT2D eigenvalue weighted by atomic mass is 10.2. The number of rotatable bonds is 11. The van der Waals surface area contributed by atoms with Gasteiger partial charge in [-0.3, -0.25) is 20.9 Å². The van der Waals surface area contributed by atoms with E-state index in [1.54, 1.807) is 83.1 Å². The Morgan fingerprint density at radius 1 is 0.549 bits per heavy atom. The third-order valence-electron chi connectivity index (χ3n) is 5.02. The summed E-state index contributed by atoms with van der Waals surface area (Å²) in [4.78, 5) is 54.2. The third kappa shape index (κ3) is 44.5. The smallest absolute Gasteiger partial charge is 0.435 e. The molecular formula is C35H70N6O10. The SMILES string of the molecule is CC(=NC(=O)OC(C)(C)C)NC(=O)OC(C)(C)C.CC(C)(C)OC(=O)NC(=NCCCCCCO)NC(=O)OC(C)(C)C.NCCCCCCO. The van der Waals surface area contributed by atoms with Gasteiger partial charge in [0.1, 0.15) is 28.2 Å². The van der Waals surface area contributed by atoms with Crippen molar-refractivity contribution in [1.82, 2.24) is 16.0 Å². The number of aliphatic imine (C=N–C) groups is 2. The molecule has 0 fully saturated rings. The van der Waals surface area contributed by atoms with Crippen molar-refractivity contribution in [3.63, 3.8) is 0 Å². The number of aliphatic hydroxyl groups excluding tert-OH is 2. The minimum absolute atomic E-state index is 0.00865. The van der Waals surface area contributed by atoms with Crippen molar-refractivity contribution < 1.29 is 48.3 Å². The van der Waals surface area contributed by atoms with Crippen molar-refractivity contribution in [2.24, 2.45) is 15.7 Å². The summed E-state index contributed by atoms with van der Waals surface area (Å²) in [6.45, 7) is 24.1. The van der Waals surface area contributed by atoms with Gasteiger partial charge in [0.15, 0.2) is 0 Å². The van der Waals surface area contributed by atoms with Gasteiger partial charge in [0.05, 0.1) is 0 Å². The minimum atomic E-state index is -0.754. The van der Waals surface area contributed by atoms with E-state index < -0.39 is 46.8 Å². The van der Waals surface area contributed by atoms with Crippen LogP contribution in [-0.2, 0) is 18.9 Å². The van der Waals surface area contributed by atoms with Crippen LogP contribution in [0.4, 0.5) is 19.2 Å². The fourth-order valence-electron chi connectivity index (χ4n) is 3.19. The van der Waals surface area contributed by atoms with Crippen LogP contribution in [0.3, 0.4) is 0 Å². The van der Waals surface area contributed by atoms with E-state index in [2.05, 4.69) is 25.9 Å². The molecule has 51 heavy (non-hydrogen) atoms. The average Bonchev–Trinajstić information content (AvgIpc) is 2.89.